The number of rotatable bonds is 28. The van der Waals surface area contributed by atoms with Crippen LogP contribution in [0.25, 0.3) is 0 Å². The molecule has 5 amide bonds. The minimum absolute atomic E-state index is 0.00908. The minimum Gasteiger partial charge on any atom is -0.489 e. The zero-order valence-corrected chi connectivity index (χ0v) is 75.1. The van der Waals surface area contributed by atoms with Gasteiger partial charge in [-0.15, -0.1) is 0 Å². The molecule has 0 saturated carbocycles. The molecule has 6 aliphatic rings. The van der Waals surface area contributed by atoms with Crippen molar-refractivity contribution in [3.63, 3.8) is 0 Å². The van der Waals surface area contributed by atoms with Crippen LogP contribution in [-0.2, 0) is 58.7 Å². The number of fused-ring (bicyclic) bond motifs is 3. The van der Waals surface area contributed by atoms with E-state index in [9.17, 15) is 49.2 Å². The average Bonchev–Trinajstić information content (AvgIpc) is 1.63. The van der Waals surface area contributed by atoms with Crippen LogP contribution in [0, 0.1) is 0 Å². The summed E-state index contributed by atoms with van der Waals surface area (Å²) in [7, 11) is -10.7. The molecule has 0 radical (unpaired) electrons. The number of hydrogen-bond donors (Lipinski definition) is 8. The summed E-state index contributed by atoms with van der Waals surface area (Å²) in [5, 5.41) is 20.7. The van der Waals surface area contributed by atoms with Crippen molar-refractivity contribution in [1.29, 1.82) is 0 Å². The van der Waals surface area contributed by atoms with Crippen LogP contribution in [0.15, 0.2) is 136 Å². The highest BCUT2D eigenvalue weighted by atomic mass is 35.5. The summed E-state index contributed by atoms with van der Waals surface area (Å²) in [5.41, 5.74) is 12.0. The second-order valence-corrected chi connectivity index (χ2v) is 40.5. The Bertz CT molecular complexity index is 5830. The molecule has 9 N–H and O–H groups in total. The topological polar surface area (TPSA) is 416 Å². The number of allylic oxidation sites excluding steroid dienone is 2. The first-order valence-corrected chi connectivity index (χ1v) is 46.2. The monoisotopic (exact) mass is 1800 g/mol. The molecule has 5 aliphatic heterocycles. The van der Waals surface area contributed by atoms with Crippen LogP contribution in [0.1, 0.15) is 170 Å². The minimum atomic E-state index is -3.58. The van der Waals surface area contributed by atoms with Crippen LogP contribution < -0.4 is 57.2 Å². The first-order valence-electron chi connectivity index (χ1n) is 40.4. The van der Waals surface area contributed by atoms with Crippen molar-refractivity contribution in [1.82, 2.24) is 54.8 Å². The van der Waals surface area contributed by atoms with Crippen molar-refractivity contribution in [2.24, 2.45) is 5.73 Å². The maximum Gasteiger partial charge on any atom is 0.261 e. The number of carbonyl (C=O) groups excluding carboxylic acids is 5. The van der Waals surface area contributed by atoms with Crippen LogP contribution in [0.4, 0.5) is 63.7 Å². The molecule has 38 heteroatoms. The van der Waals surface area contributed by atoms with Crippen molar-refractivity contribution in [3.05, 3.63) is 175 Å². The van der Waals surface area contributed by atoms with E-state index in [1.54, 1.807) is 114 Å². The van der Waals surface area contributed by atoms with E-state index in [-0.39, 0.29) is 132 Å². The molecule has 8 heterocycles. The lowest BCUT2D eigenvalue weighted by Crippen LogP contribution is -2.47. The fourth-order valence-corrected chi connectivity index (χ4v) is 18.6. The summed E-state index contributed by atoms with van der Waals surface area (Å²) in [6, 6.07) is 24.0. The number of hydrogen-bond acceptors (Lipinski definition) is 28. The standard InChI is InChI=1S/C31H40ClN7O5S.C28H33ClN6O4S.C26H28ClN5O5S/c1-18(2)44-26-13-20-16-39(21-9-11-38(12-10-21)17-28(33)40)30(41)22(20)14-25(26)36-31-34-15-23(32)29(37-31)35-24-7-5-6-8-27(24)45(42,43)19(3)4;1-16(2)39-24-11-18-15-35(19-9-10-30-13-19)27(36)20(18)12-23(24)33-28-31-14-21(29)26(34-28)32-22-7-5-6-8-25(22)40(37,38)17(3)4;1-14(2)37-22-10-17-13-32(16(5)33)25(34)18(17)11-21(22)30-26-28-12-19(27)24(31-26)29-20-8-6-7-9-23(20)38(35,36)15(3)4/h7-8,13-15,18-19,21H,5-6,9-12,16-17H2,1-4H3,(H2,33,40)(H2,34,35,36,37);5-8,11-12,14,16-17,19,30H,9-10,13,15H2,1-4H3,(H2,31,32,33,34);6-12,14-15H,13H2,1-5H3,(H2,28,29,30,31)/t;19-;/m.1./s1. The van der Waals surface area contributed by atoms with E-state index in [0.717, 1.165) is 48.4 Å². The Kier molecular flexibility index (Phi) is 28.6. The Hall–Kier alpha value is -10.8. The zero-order chi connectivity index (χ0) is 88.8. The highest BCUT2D eigenvalue weighted by Gasteiger charge is 2.39. The van der Waals surface area contributed by atoms with Crippen LogP contribution in [0.3, 0.4) is 0 Å². The summed E-state index contributed by atoms with van der Waals surface area (Å²) >= 11 is 19.2. The molecule has 8 aromatic rings. The van der Waals surface area contributed by atoms with Crippen molar-refractivity contribution >= 4 is 158 Å². The number of amides is 5. The second-order valence-electron chi connectivity index (χ2n) is 31.9. The molecule has 32 nitrogen and oxygen atoms in total. The second kappa shape index (κ2) is 38.5. The number of anilines is 11. The Morgan fingerprint density at radius 3 is 1.28 bits per heavy atom. The Morgan fingerprint density at radius 1 is 0.496 bits per heavy atom. The fraction of sp³-hybridized carbons (Fsp3) is 0.400. The van der Waals surface area contributed by atoms with Gasteiger partial charge in [-0.05, 0) is 199 Å². The Balaban J connectivity index is 0.000000169. The van der Waals surface area contributed by atoms with E-state index >= 15 is 0 Å². The van der Waals surface area contributed by atoms with E-state index in [1.165, 1.54) is 31.6 Å². The van der Waals surface area contributed by atoms with Gasteiger partial charge >= 0.3 is 0 Å². The Labute approximate surface area is 731 Å². The average molecular weight is 1800 g/mol. The molecule has 5 aromatic carbocycles. The van der Waals surface area contributed by atoms with Crippen LogP contribution in [0.5, 0.6) is 17.2 Å². The van der Waals surface area contributed by atoms with E-state index in [4.69, 9.17) is 54.7 Å². The molecule has 1 atom stereocenters. The summed E-state index contributed by atoms with van der Waals surface area (Å²) in [4.78, 5) is 96.8. The molecule has 0 bridgehead atoms. The van der Waals surface area contributed by atoms with Crippen molar-refractivity contribution in [2.75, 3.05) is 64.6 Å². The first-order chi connectivity index (χ1) is 58.2. The highest BCUT2D eigenvalue weighted by molar-refractivity contribution is 7.96. The van der Waals surface area contributed by atoms with Gasteiger partial charge in [-0.25, -0.2) is 40.2 Å². The lowest BCUT2D eigenvalue weighted by Gasteiger charge is -2.36. The van der Waals surface area contributed by atoms with E-state index in [1.807, 2.05) is 74.5 Å². The number of aromatic nitrogens is 6. The quantitative estimate of drug-likeness (QED) is 0.0226. The third-order valence-electron chi connectivity index (χ3n) is 20.8. The third kappa shape index (κ3) is 21.2. The molecule has 2 fully saturated rings. The molecule has 3 aromatic heterocycles. The SMILES string of the molecule is CC(=O)N1Cc2cc(OC(C)C)c(Nc3ncc(Cl)c(Nc4ccccc4S(=O)(=O)C(C)C)n3)cc2C1=O.CC(C)Oc1cc2c(cc1Nc1ncc(Cl)c(NC3=CCCC=C3S(=O)(=O)C(C)C)n1)C(=O)N(C1CCN(CC(N)=O)CC1)C2.CC(C)Oc1cc2c(cc1Nc1ncc(Cl)c(Nc3ccccc3S(=O)(=O)C(C)C)n1)C(=O)N([C@@H]1CCNC1)C2. The number of carbonyl (C=O) groups is 5. The number of ether oxygens (including phenoxy) is 3. The molecule has 2 saturated heterocycles. The van der Waals surface area contributed by atoms with Gasteiger partial charge in [0.05, 0.1) is 115 Å². The number of primary amides is 1. The normalized spacial score (nSPS) is 16.1. The Morgan fingerprint density at radius 2 is 0.886 bits per heavy atom. The van der Waals surface area contributed by atoms with Crippen molar-refractivity contribution < 1.29 is 63.4 Å². The molecular formula is C85H101Cl3N18O14S3. The third-order valence-corrected chi connectivity index (χ3v) is 28.3. The summed E-state index contributed by atoms with van der Waals surface area (Å²) < 4.78 is 95.8. The smallest absolute Gasteiger partial charge is 0.261 e. The lowest BCUT2D eigenvalue weighted by atomic mass is 10.0. The first kappa shape index (κ1) is 91.4. The van der Waals surface area contributed by atoms with Gasteiger partial charge in [-0.2, -0.15) is 15.0 Å². The maximum atomic E-state index is 13.6. The van der Waals surface area contributed by atoms with E-state index in [2.05, 4.69) is 67.1 Å². The van der Waals surface area contributed by atoms with E-state index in [0.29, 0.717) is 113 Å². The number of halogens is 3. The molecule has 654 valence electrons. The van der Waals surface area contributed by atoms with Crippen LogP contribution in [0.2, 0.25) is 15.1 Å². The predicted octanol–water partition coefficient (Wildman–Crippen LogP) is 14.4. The van der Waals surface area contributed by atoms with Gasteiger partial charge in [0.15, 0.2) is 47.0 Å². The maximum absolute atomic E-state index is 13.6. The van der Waals surface area contributed by atoms with Gasteiger partial charge in [-0.3, -0.25) is 33.8 Å². The van der Waals surface area contributed by atoms with Crippen LogP contribution in [-0.4, -0.2) is 183 Å². The number of benzene rings is 5. The molecule has 1 aliphatic carbocycles. The summed E-state index contributed by atoms with van der Waals surface area (Å²) in [6.45, 7) is 27.1. The fourth-order valence-electron chi connectivity index (χ4n) is 14.5. The predicted molar refractivity (Wildman–Crippen MR) is 475 cm³/mol. The number of sulfone groups is 3. The van der Waals surface area contributed by atoms with E-state index < -0.39 is 51.2 Å². The van der Waals surface area contributed by atoms with Crippen LogP contribution >= 0.6 is 34.8 Å². The summed E-state index contributed by atoms with van der Waals surface area (Å²) in [6.07, 6.45) is 11.1. The largest absolute Gasteiger partial charge is 0.489 e. The molecule has 0 unspecified atom stereocenters. The number of para-hydroxylation sites is 2. The zero-order valence-electron chi connectivity index (χ0n) is 70.4. The number of nitrogens with two attached hydrogens (primary N) is 1. The van der Waals surface area contributed by atoms with Gasteiger partial charge in [0.1, 0.15) is 32.3 Å². The van der Waals surface area contributed by atoms with Crippen molar-refractivity contribution in [3.8, 4) is 17.2 Å². The number of imide groups is 1. The summed E-state index contributed by atoms with van der Waals surface area (Å²) in [5.74, 6) is 1.59. The number of nitrogens with zero attached hydrogens (tertiary/aromatic N) is 10. The molecule has 123 heavy (non-hydrogen) atoms. The van der Waals surface area contributed by atoms with Gasteiger partial charge in [-0.1, -0.05) is 71.2 Å². The van der Waals surface area contributed by atoms with Gasteiger partial charge in [0.25, 0.3) is 17.7 Å². The number of piperidine rings is 1. The van der Waals surface area contributed by atoms with Gasteiger partial charge in [0.2, 0.25) is 29.7 Å². The van der Waals surface area contributed by atoms with Crippen molar-refractivity contribution in [2.45, 2.75) is 198 Å². The molecular weight excluding hydrogens is 1700 g/mol. The molecule has 0 spiro atoms. The number of likely N-dealkylation sites (tertiary alicyclic amines) is 1. The van der Waals surface area contributed by atoms with Gasteiger partial charge in [0, 0.05) is 68.4 Å². The highest BCUT2D eigenvalue weighted by Crippen LogP contribution is 2.43. The number of nitrogens with one attached hydrogen (secondary N) is 7. The lowest BCUT2D eigenvalue weighted by molar-refractivity contribution is -0.126. The molecule has 14 rings (SSSR count). The van der Waals surface area contributed by atoms with Gasteiger partial charge < -0.3 is 67.0 Å².